The van der Waals surface area contributed by atoms with Gasteiger partial charge in [0.15, 0.2) is 0 Å². The van der Waals surface area contributed by atoms with E-state index in [0.717, 1.165) is 21.5 Å². The highest BCUT2D eigenvalue weighted by Crippen LogP contribution is 2.45. The molecule has 6 heteroatoms. The lowest BCUT2D eigenvalue weighted by Gasteiger charge is -2.33. The maximum absolute atomic E-state index is 10.1. The number of nitrogens with zero attached hydrogens (tertiary/aromatic N) is 1. The van der Waals surface area contributed by atoms with E-state index in [0.29, 0.717) is 10.7 Å². The minimum absolute atomic E-state index is 0.134. The van der Waals surface area contributed by atoms with Crippen molar-refractivity contribution in [3.05, 3.63) is 56.5 Å². The number of fused-ring (bicyclic) bond motifs is 3. The molecule has 0 saturated carbocycles. The predicted octanol–water partition coefficient (Wildman–Crippen LogP) is 6.04. The van der Waals surface area contributed by atoms with E-state index < -0.39 is 0 Å². The first kappa shape index (κ1) is 16.6. The van der Waals surface area contributed by atoms with Crippen LogP contribution >= 0.6 is 32.3 Å². The molecule has 3 nitrogen and oxygen atoms in total. The van der Waals surface area contributed by atoms with Gasteiger partial charge in [0.25, 0.3) is 0 Å². The van der Waals surface area contributed by atoms with E-state index in [4.69, 9.17) is 16.6 Å². The fraction of sp³-hybridized carbons (Fsp3) is 0.211. The quantitative estimate of drug-likeness (QED) is 0.499. The molecule has 2 aromatic carbocycles. The van der Waals surface area contributed by atoms with E-state index in [2.05, 4.69) is 44.3 Å². The average molecular weight is 389 g/mol. The summed E-state index contributed by atoms with van der Waals surface area (Å²) in [5.74, 6) is 0.134. The van der Waals surface area contributed by atoms with Crippen LogP contribution in [0.25, 0.3) is 11.1 Å². The van der Waals surface area contributed by atoms with Crippen LogP contribution in [0.5, 0.6) is 5.75 Å². The smallest absolute Gasteiger partial charge is 0.141 e. The third kappa shape index (κ3) is 2.86. The molecule has 3 aromatic rings. The first-order valence-electron chi connectivity index (χ1n) is 7.91. The zero-order valence-electron chi connectivity index (χ0n) is 14.1. The zero-order chi connectivity index (χ0) is 17.8. The van der Waals surface area contributed by atoms with Gasteiger partial charge in [-0.15, -0.1) is 0 Å². The first-order chi connectivity index (χ1) is 11.8. The van der Waals surface area contributed by atoms with Gasteiger partial charge in [-0.25, -0.2) is 4.99 Å². The Labute approximate surface area is 158 Å². The molecule has 2 heterocycles. The topological polar surface area (TPSA) is 44.6 Å². The minimum atomic E-state index is -0.164. The van der Waals surface area contributed by atoms with Gasteiger partial charge < -0.3 is 10.4 Å². The molecule has 2 N–H and O–H groups in total. The molecule has 1 aromatic heterocycles. The van der Waals surface area contributed by atoms with Gasteiger partial charge in [-0.05, 0) is 51.1 Å². The van der Waals surface area contributed by atoms with Crippen molar-refractivity contribution < 1.29 is 5.11 Å². The highest BCUT2D eigenvalue weighted by Gasteiger charge is 2.33. The van der Waals surface area contributed by atoms with Crippen LogP contribution in [0.15, 0.2) is 41.4 Å². The van der Waals surface area contributed by atoms with E-state index in [1.54, 1.807) is 38.9 Å². The molecular weight excluding hydrogens is 372 g/mol. The van der Waals surface area contributed by atoms with Crippen LogP contribution in [0.3, 0.4) is 0 Å². The van der Waals surface area contributed by atoms with Crippen molar-refractivity contribution in [2.45, 2.75) is 26.3 Å². The van der Waals surface area contributed by atoms with E-state index in [1.807, 2.05) is 0 Å². The van der Waals surface area contributed by atoms with Crippen LogP contribution in [-0.4, -0.2) is 5.11 Å². The zero-order valence-corrected chi connectivity index (χ0v) is 16.4. The van der Waals surface area contributed by atoms with E-state index in [1.165, 1.54) is 10.4 Å². The fourth-order valence-electron chi connectivity index (χ4n) is 3.05. The molecule has 0 radical (unpaired) electrons. The van der Waals surface area contributed by atoms with Gasteiger partial charge in [-0.3, -0.25) is 0 Å². The van der Waals surface area contributed by atoms with Crippen molar-refractivity contribution >= 4 is 43.7 Å². The normalized spacial score (nSPS) is 15.4. The number of aromatic hydroxyl groups is 1. The number of hydrogen-bond donors (Lipinski definition) is 2. The number of hydrogen-bond acceptors (Lipinski definition) is 5. The molecule has 0 amide bonds. The molecule has 4 rings (SSSR count). The second-order valence-electron chi connectivity index (χ2n) is 6.72. The summed E-state index contributed by atoms with van der Waals surface area (Å²) in [6.07, 6.45) is 0. The van der Waals surface area contributed by atoms with Gasteiger partial charge in [0.2, 0.25) is 0 Å². The highest BCUT2D eigenvalue weighted by molar-refractivity contribution is 7.68. The van der Waals surface area contributed by atoms with E-state index >= 15 is 0 Å². The standard InChI is InChI=1S/C19H17ClN2OS2/c1-10-4-6-13-12(8-10)16-17(19(2,3)22-13)24-25-18(16)21-14-9-11(20)5-7-15(14)23/h4-9,22-23H,1-3H3. The van der Waals surface area contributed by atoms with Gasteiger partial charge in [-0.1, -0.05) is 43.9 Å². The summed E-state index contributed by atoms with van der Waals surface area (Å²) in [6.45, 7) is 6.45. The number of aryl methyl sites for hydroxylation is 1. The molecule has 0 aliphatic carbocycles. The Hall–Kier alpha value is -1.82. The molecule has 128 valence electrons. The Morgan fingerprint density at radius 1 is 1.12 bits per heavy atom. The number of nitrogens with one attached hydrogen (secondary N) is 1. The number of halogens is 1. The summed E-state index contributed by atoms with van der Waals surface area (Å²) in [7, 11) is 3.36. The van der Waals surface area contributed by atoms with E-state index in [9.17, 15) is 5.11 Å². The van der Waals surface area contributed by atoms with Crippen LogP contribution in [-0.2, 0) is 5.54 Å². The SMILES string of the molecule is Cc1ccc2c(c1)-c1c(ssc1=Nc1cc(Cl)ccc1O)C(C)(C)N2. The predicted molar refractivity (Wildman–Crippen MR) is 107 cm³/mol. The van der Waals surface area contributed by atoms with Crippen molar-refractivity contribution in [3.63, 3.8) is 0 Å². The molecular formula is C19H17ClN2OS2. The summed E-state index contributed by atoms with van der Waals surface area (Å²) >= 11 is 6.07. The summed E-state index contributed by atoms with van der Waals surface area (Å²) in [5, 5.41) is 14.3. The van der Waals surface area contributed by atoms with Crippen LogP contribution in [0.2, 0.25) is 5.02 Å². The lowest BCUT2D eigenvalue weighted by atomic mass is 9.89. The van der Waals surface area contributed by atoms with Crippen LogP contribution in [0.1, 0.15) is 24.3 Å². The second kappa shape index (κ2) is 5.87. The lowest BCUT2D eigenvalue weighted by Crippen LogP contribution is -2.31. The van der Waals surface area contributed by atoms with Crippen LogP contribution < -0.4 is 9.99 Å². The maximum Gasteiger partial charge on any atom is 0.141 e. The molecule has 0 fully saturated rings. The Kier molecular flexibility index (Phi) is 3.90. The monoisotopic (exact) mass is 388 g/mol. The number of phenols is 1. The molecule has 0 unspecified atom stereocenters. The number of rotatable bonds is 1. The third-order valence-electron chi connectivity index (χ3n) is 4.26. The Balaban J connectivity index is 2.02. The Bertz CT molecular complexity index is 1050. The van der Waals surface area contributed by atoms with Gasteiger partial charge in [0.1, 0.15) is 16.1 Å². The number of phenolic OH excluding ortho intramolecular Hbond substituents is 1. The second-order valence-corrected chi connectivity index (χ2v) is 9.28. The van der Waals surface area contributed by atoms with E-state index in [-0.39, 0.29) is 11.3 Å². The molecule has 1 aliphatic rings. The molecule has 0 atom stereocenters. The minimum Gasteiger partial charge on any atom is -0.506 e. The molecule has 0 saturated heterocycles. The van der Waals surface area contributed by atoms with Crippen molar-refractivity contribution in [2.75, 3.05) is 5.32 Å². The summed E-state index contributed by atoms with van der Waals surface area (Å²) in [6, 6.07) is 11.4. The summed E-state index contributed by atoms with van der Waals surface area (Å²) in [4.78, 5) is 6.00. The van der Waals surface area contributed by atoms with Crippen molar-refractivity contribution in [1.82, 2.24) is 0 Å². The van der Waals surface area contributed by atoms with Crippen LogP contribution in [0, 0.1) is 6.92 Å². The van der Waals surface area contributed by atoms with Gasteiger partial charge in [0.05, 0.1) is 10.4 Å². The average Bonchev–Trinajstić information content (AvgIpc) is 2.97. The molecule has 1 aliphatic heterocycles. The Morgan fingerprint density at radius 3 is 2.72 bits per heavy atom. The molecule has 0 bridgehead atoms. The van der Waals surface area contributed by atoms with Gasteiger partial charge >= 0.3 is 0 Å². The van der Waals surface area contributed by atoms with Crippen molar-refractivity contribution in [2.24, 2.45) is 4.99 Å². The van der Waals surface area contributed by atoms with Gasteiger partial charge in [-0.2, -0.15) is 0 Å². The van der Waals surface area contributed by atoms with Crippen molar-refractivity contribution in [3.8, 4) is 16.9 Å². The lowest BCUT2D eigenvalue weighted by molar-refractivity contribution is 0.476. The highest BCUT2D eigenvalue weighted by atomic mass is 35.5. The van der Waals surface area contributed by atoms with Gasteiger partial charge in [0, 0.05) is 21.8 Å². The molecule has 0 spiro atoms. The number of anilines is 1. The molecule has 25 heavy (non-hydrogen) atoms. The number of benzene rings is 2. The maximum atomic E-state index is 10.1. The largest absolute Gasteiger partial charge is 0.506 e. The summed E-state index contributed by atoms with van der Waals surface area (Å²) < 4.78 is 0.902. The Morgan fingerprint density at radius 2 is 1.92 bits per heavy atom. The third-order valence-corrected chi connectivity index (χ3v) is 7.14. The summed E-state index contributed by atoms with van der Waals surface area (Å²) in [5.41, 5.74) is 4.96. The van der Waals surface area contributed by atoms with Crippen LogP contribution in [0.4, 0.5) is 11.4 Å². The first-order valence-corrected chi connectivity index (χ1v) is 10.4. The fourth-order valence-corrected chi connectivity index (χ4v) is 6.15. The van der Waals surface area contributed by atoms with Crippen molar-refractivity contribution in [1.29, 1.82) is 0 Å².